The largest absolute Gasteiger partial charge is 0.248 e. The maximum absolute atomic E-state index is 5.34. The van der Waals surface area contributed by atoms with E-state index in [0.717, 1.165) is 101 Å². The number of fused-ring (bicyclic) bond motifs is 1. The first-order valence-corrected chi connectivity index (χ1v) is 19.6. The fourth-order valence-corrected chi connectivity index (χ4v) is 7.64. The van der Waals surface area contributed by atoms with E-state index in [1.807, 2.05) is 18.2 Å². The second-order valence-corrected chi connectivity index (χ2v) is 14.4. The minimum atomic E-state index is 0.925. The van der Waals surface area contributed by atoms with Crippen LogP contribution in [-0.4, -0.2) is 15.0 Å². The standard InChI is InChI=1S/C55H37N3/c1-5-15-38(16-6-1)47-34-50(40-17-7-2-8-18-40)57-53(35-47)43-27-29-44(30-28-43)54-33-46-23-13-14-24-49(46)55(58-54)45-31-25-39(26-32-45)48-36-51(41-19-9-3-10-20-41)56-52(37-48)42-21-11-4-12-22-42/h1-37H. The van der Waals surface area contributed by atoms with Gasteiger partial charge in [0.25, 0.3) is 0 Å². The van der Waals surface area contributed by atoms with Gasteiger partial charge in [0.05, 0.1) is 34.2 Å². The molecule has 0 aliphatic carbocycles. The number of pyridine rings is 3. The van der Waals surface area contributed by atoms with E-state index in [4.69, 9.17) is 15.0 Å². The third kappa shape index (κ3) is 7.09. The van der Waals surface area contributed by atoms with Gasteiger partial charge in [-0.2, -0.15) is 0 Å². The van der Waals surface area contributed by atoms with E-state index in [1.165, 1.54) is 0 Å². The van der Waals surface area contributed by atoms with Crippen LogP contribution in [0.25, 0.3) is 101 Å². The average Bonchev–Trinajstić information content (AvgIpc) is 3.32. The highest BCUT2D eigenvalue weighted by Crippen LogP contribution is 2.36. The van der Waals surface area contributed by atoms with Gasteiger partial charge in [0.1, 0.15) is 0 Å². The summed E-state index contributed by atoms with van der Waals surface area (Å²) in [5, 5.41) is 2.27. The van der Waals surface area contributed by atoms with Crippen LogP contribution in [-0.2, 0) is 0 Å². The van der Waals surface area contributed by atoms with Crippen LogP contribution >= 0.6 is 0 Å². The fraction of sp³-hybridized carbons (Fsp3) is 0. The Labute approximate surface area is 338 Å². The summed E-state index contributed by atoms with van der Waals surface area (Å²) in [6.45, 7) is 0. The summed E-state index contributed by atoms with van der Waals surface area (Å²) in [6, 6.07) is 78.5. The molecule has 0 aliphatic heterocycles. The Balaban J connectivity index is 1.01. The Bertz CT molecular complexity index is 2880. The molecule has 0 N–H and O–H groups in total. The van der Waals surface area contributed by atoms with E-state index < -0.39 is 0 Å². The Morgan fingerprint density at radius 3 is 0.966 bits per heavy atom. The molecular formula is C55H37N3. The molecule has 10 rings (SSSR count). The second kappa shape index (κ2) is 15.4. The Morgan fingerprint density at radius 1 is 0.207 bits per heavy atom. The normalized spacial score (nSPS) is 11.1. The van der Waals surface area contributed by atoms with Crippen molar-refractivity contribution in [2.75, 3.05) is 0 Å². The molecule has 0 radical (unpaired) electrons. The molecule has 0 unspecified atom stereocenters. The maximum Gasteiger partial charge on any atom is 0.0787 e. The first kappa shape index (κ1) is 34.7. The zero-order chi connectivity index (χ0) is 38.7. The van der Waals surface area contributed by atoms with Crippen molar-refractivity contribution in [1.29, 1.82) is 0 Å². The summed E-state index contributed by atoms with van der Waals surface area (Å²) < 4.78 is 0. The molecular weight excluding hydrogens is 703 g/mol. The zero-order valence-electron chi connectivity index (χ0n) is 31.7. The molecule has 3 aromatic heterocycles. The molecule has 0 atom stereocenters. The highest BCUT2D eigenvalue weighted by atomic mass is 14.7. The number of aromatic nitrogens is 3. The summed E-state index contributed by atoms with van der Waals surface area (Å²) in [6.07, 6.45) is 0. The average molecular weight is 740 g/mol. The lowest BCUT2D eigenvalue weighted by atomic mass is 9.96. The molecule has 0 fully saturated rings. The van der Waals surface area contributed by atoms with Crippen molar-refractivity contribution in [3.63, 3.8) is 0 Å². The molecule has 0 aliphatic rings. The smallest absolute Gasteiger partial charge is 0.0787 e. The number of hydrogen-bond acceptors (Lipinski definition) is 3. The van der Waals surface area contributed by atoms with E-state index in [0.29, 0.717) is 0 Å². The SMILES string of the molecule is c1ccc(-c2cc(-c3ccccc3)nc(-c3ccc(-c4cc5ccccc5c(-c5ccc(-c6cc(-c7ccccc7)nc(-c7ccccc7)c6)cc5)n4)cc3)c2)cc1. The summed E-state index contributed by atoms with van der Waals surface area (Å²) in [4.78, 5) is 15.6. The van der Waals surface area contributed by atoms with Crippen molar-refractivity contribution >= 4 is 10.8 Å². The van der Waals surface area contributed by atoms with Gasteiger partial charge in [0, 0.05) is 38.8 Å². The molecule has 0 saturated heterocycles. The number of benzene rings is 7. The topological polar surface area (TPSA) is 38.7 Å². The predicted molar refractivity (Wildman–Crippen MR) is 241 cm³/mol. The van der Waals surface area contributed by atoms with E-state index in [1.54, 1.807) is 0 Å². The molecule has 7 aromatic carbocycles. The van der Waals surface area contributed by atoms with Gasteiger partial charge in [0.15, 0.2) is 0 Å². The lowest BCUT2D eigenvalue weighted by molar-refractivity contribution is 1.32. The van der Waals surface area contributed by atoms with Gasteiger partial charge >= 0.3 is 0 Å². The molecule has 3 nitrogen and oxygen atoms in total. The molecule has 3 heteroatoms. The van der Waals surface area contributed by atoms with Crippen molar-refractivity contribution < 1.29 is 0 Å². The lowest BCUT2D eigenvalue weighted by Crippen LogP contribution is -1.93. The van der Waals surface area contributed by atoms with Gasteiger partial charge in [-0.15, -0.1) is 0 Å². The summed E-state index contributed by atoms with van der Waals surface area (Å²) in [5.74, 6) is 0. The molecule has 0 saturated carbocycles. The minimum absolute atomic E-state index is 0.925. The zero-order valence-corrected chi connectivity index (χ0v) is 31.7. The van der Waals surface area contributed by atoms with Gasteiger partial charge in [-0.1, -0.05) is 194 Å². The van der Waals surface area contributed by atoms with E-state index in [-0.39, 0.29) is 0 Å². The van der Waals surface area contributed by atoms with E-state index in [2.05, 4.69) is 206 Å². The quantitative estimate of drug-likeness (QED) is 0.156. The highest BCUT2D eigenvalue weighted by Gasteiger charge is 2.14. The van der Waals surface area contributed by atoms with Crippen molar-refractivity contribution in [2.24, 2.45) is 0 Å². The van der Waals surface area contributed by atoms with Crippen LogP contribution in [0.5, 0.6) is 0 Å². The van der Waals surface area contributed by atoms with Crippen molar-refractivity contribution in [3.8, 4) is 89.8 Å². The third-order valence-electron chi connectivity index (χ3n) is 10.7. The maximum atomic E-state index is 5.34. The highest BCUT2D eigenvalue weighted by molar-refractivity contribution is 5.97. The second-order valence-electron chi connectivity index (χ2n) is 14.4. The molecule has 58 heavy (non-hydrogen) atoms. The molecule has 0 spiro atoms. The van der Waals surface area contributed by atoms with Gasteiger partial charge < -0.3 is 0 Å². The van der Waals surface area contributed by atoms with Crippen LogP contribution in [0.15, 0.2) is 224 Å². The van der Waals surface area contributed by atoms with Gasteiger partial charge in [0.2, 0.25) is 0 Å². The fourth-order valence-electron chi connectivity index (χ4n) is 7.64. The van der Waals surface area contributed by atoms with Crippen LogP contribution in [0.4, 0.5) is 0 Å². The van der Waals surface area contributed by atoms with Crippen molar-refractivity contribution in [2.45, 2.75) is 0 Å². The van der Waals surface area contributed by atoms with Crippen LogP contribution in [0.1, 0.15) is 0 Å². The Morgan fingerprint density at radius 2 is 0.517 bits per heavy atom. The van der Waals surface area contributed by atoms with Crippen LogP contribution < -0.4 is 0 Å². The summed E-state index contributed by atoms with van der Waals surface area (Å²) in [7, 11) is 0. The van der Waals surface area contributed by atoms with Gasteiger partial charge in [-0.25, -0.2) is 15.0 Å². The molecule has 0 bridgehead atoms. The molecule has 10 aromatic rings. The summed E-state index contributed by atoms with van der Waals surface area (Å²) >= 11 is 0. The van der Waals surface area contributed by atoms with Gasteiger partial charge in [-0.05, 0) is 58.0 Å². The first-order valence-electron chi connectivity index (χ1n) is 19.6. The first-order chi connectivity index (χ1) is 28.7. The number of rotatable bonds is 8. The monoisotopic (exact) mass is 739 g/mol. The number of nitrogens with zero attached hydrogens (tertiary/aromatic N) is 3. The van der Waals surface area contributed by atoms with Crippen LogP contribution in [0.3, 0.4) is 0 Å². The van der Waals surface area contributed by atoms with E-state index >= 15 is 0 Å². The van der Waals surface area contributed by atoms with Crippen molar-refractivity contribution in [1.82, 2.24) is 15.0 Å². The third-order valence-corrected chi connectivity index (χ3v) is 10.7. The predicted octanol–water partition coefficient (Wildman–Crippen LogP) is 14.4. The minimum Gasteiger partial charge on any atom is -0.248 e. The molecule has 3 heterocycles. The molecule has 0 amide bonds. The van der Waals surface area contributed by atoms with E-state index in [9.17, 15) is 0 Å². The summed E-state index contributed by atoms with van der Waals surface area (Å²) in [5.41, 5.74) is 16.6. The van der Waals surface area contributed by atoms with Gasteiger partial charge in [-0.3, -0.25) is 0 Å². The van der Waals surface area contributed by atoms with Crippen LogP contribution in [0, 0.1) is 0 Å². The lowest BCUT2D eigenvalue weighted by Gasteiger charge is -2.13. The van der Waals surface area contributed by atoms with Crippen molar-refractivity contribution in [3.05, 3.63) is 224 Å². The Kier molecular flexibility index (Phi) is 9.23. The molecule has 272 valence electrons. The Hall–Kier alpha value is -7.75. The van der Waals surface area contributed by atoms with Crippen LogP contribution in [0.2, 0.25) is 0 Å². The number of hydrogen-bond donors (Lipinski definition) is 0.